The lowest BCUT2D eigenvalue weighted by molar-refractivity contribution is 0.262. The predicted octanol–water partition coefficient (Wildman–Crippen LogP) is 2.79. The molecular formula is C16H24N6O. The average Bonchev–Trinajstić information content (AvgIpc) is 3.08. The van der Waals surface area contributed by atoms with Gasteiger partial charge in [0, 0.05) is 18.3 Å². The first kappa shape index (κ1) is 15.6. The van der Waals surface area contributed by atoms with Gasteiger partial charge in [-0.1, -0.05) is 13.8 Å². The Morgan fingerprint density at radius 2 is 2.00 bits per heavy atom. The van der Waals surface area contributed by atoms with E-state index in [-0.39, 0.29) is 6.03 Å². The summed E-state index contributed by atoms with van der Waals surface area (Å²) in [6.45, 7) is 4.10. The third kappa shape index (κ3) is 2.95. The van der Waals surface area contributed by atoms with Crippen LogP contribution in [0.1, 0.15) is 49.3 Å². The van der Waals surface area contributed by atoms with Gasteiger partial charge in [-0.3, -0.25) is 15.1 Å². The van der Waals surface area contributed by atoms with Crippen LogP contribution >= 0.6 is 0 Å². The Balaban J connectivity index is 1.76. The molecule has 2 heterocycles. The number of H-pyrrole nitrogens is 1. The van der Waals surface area contributed by atoms with Crippen molar-refractivity contribution in [2.75, 3.05) is 10.6 Å². The summed E-state index contributed by atoms with van der Waals surface area (Å²) in [6.07, 6.45) is 5.89. The van der Waals surface area contributed by atoms with Crippen molar-refractivity contribution in [2.24, 2.45) is 7.05 Å². The summed E-state index contributed by atoms with van der Waals surface area (Å²) in [5.74, 6) is 0.650. The molecule has 124 valence electrons. The van der Waals surface area contributed by atoms with Gasteiger partial charge in [0.25, 0.3) is 0 Å². The minimum absolute atomic E-state index is 0.262. The molecule has 3 rings (SSSR count). The number of hydrogen-bond acceptors (Lipinski definition) is 3. The molecule has 0 fully saturated rings. The molecular weight excluding hydrogens is 292 g/mol. The molecule has 0 unspecified atom stereocenters. The van der Waals surface area contributed by atoms with Crippen LogP contribution in [-0.4, -0.2) is 26.0 Å². The van der Waals surface area contributed by atoms with E-state index >= 15 is 0 Å². The van der Waals surface area contributed by atoms with Crippen LogP contribution in [0.5, 0.6) is 0 Å². The fourth-order valence-corrected chi connectivity index (χ4v) is 3.25. The van der Waals surface area contributed by atoms with E-state index < -0.39 is 0 Å². The van der Waals surface area contributed by atoms with Gasteiger partial charge >= 0.3 is 6.03 Å². The molecule has 0 atom stereocenters. The Labute approximate surface area is 135 Å². The fraction of sp³-hybridized carbons (Fsp3) is 0.562. The van der Waals surface area contributed by atoms with Gasteiger partial charge in [0.1, 0.15) is 0 Å². The second kappa shape index (κ2) is 6.44. The SMILES string of the molecule is CCc1nn(C)c(CC)c1NC(=O)Nc1n[nH]c2c1CCCC2. The normalized spacial score (nSPS) is 13.7. The van der Waals surface area contributed by atoms with E-state index in [1.807, 2.05) is 18.7 Å². The Bertz CT molecular complexity index is 714. The Kier molecular flexibility index (Phi) is 4.36. The molecule has 1 aliphatic carbocycles. The molecule has 23 heavy (non-hydrogen) atoms. The van der Waals surface area contributed by atoms with Crippen molar-refractivity contribution < 1.29 is 4.79 Å². The van der Waals surface area contributed by atoms with Crippen LogP contribution in [0, 0.1) is 0 Å². The van der Waals surface area contributed by atoms with Crippen molar-refractivity contribution in [3.05, 3.63) is 22.6 Å². The average molecular weight is 316 g/mol. The van der Waals surface area contributed by atoms with Crippen molar-refractivity contribution in [1.82, 2.24) is 20.0 Å². The van der Waals surface area contributed by atoms with Crippen LogP contribution in [0.4, 0.5) is 16.3 Å². The zero-order chi connectivity index (χ0) is 16.4. The number of anilines is 2. The van der Waals surface area contributed by atoms with E-state index in [4.69, 9.17) is 0 Å². The van der Waals surface area contributed by atoms with Crippen LogP contribution in [0.15, 0.2) is 0 Å². The zero-order valence-electron chi connectivity index (χ0n) is 14.0. The summed E-state index contributed by atoms with van der Waals surface area (Å²) >= 11 is 0. The summed E-state index contributed by atoms with van der Waals surface area (Å²) in [4.78, 5) is 12.4. The van der Waals surface area contributed by atoms with Crippen LogP contribution in [0.3, 0.4) is 0 Å². The van der Waals surface area contributed by atoms with E-state index in [1.165, 1.54) is 6.42 Å². The van der Waals surface area contributed by atoms with Crippen LogP contribution in [0.25, 0.3) is 0 Å². The number of nitrogens with zero attached hydrogens (tertiary/aromatic N) is 3. The number of nitrogens with one attached hydrogen (secondary N) is 3. The van der Waals surface area contributed by atoms with Crippen LogP contribution < -0.4 is 10.6 Å². The lowest BCUT2D eigenvalue weighted by atomic mass is 9.98. The van der Waals surface area contributed by atoms with Gasteiger partial charge in [-0.25, -0.2) is 4.79 Å². The summed E-state index contributed by atoms with van der Waals surface area (Å²) in [6, 6.07) is -0.262. The lowest BCUT2D eigenvalue weighted by Gasteiger charge is -2.12. The molecule has 0 saturated heterocycles. The highest BCUT2D eigenvalue weighted by Gasteiger charge is 2.20. The molecule has 2 aromatic rings. The minimum Gasteiger partial charge on any atom is -0.304 e. The van der Waals surface area contributed by atoms with Crippen molar-refractivity contribution in [3.8, 4) is 0 Å². The Morgan fingerprint density at radius 1 is 1.22 bits per heavy atom. The maximum Gasteiger partial charge on any atom is 0.325 e. The molecule has 0 spiro atoms. The van der Waals surface area contributed by atoms with Crippen molar-refractivity contribution in [1.29, 1.82) is 0 Å². The molecule has 7 nitrogen and oxygen atoms in total. The number of carbonyl (C=O) groups excluding carboxylic acids is 1. The number of fused-ring (bicyclic) bond motifs is 1. The summed E-state index contributed by atoms with van der Waals surface area (Å²) in [5, 5.41) is 17.6. The van der Waals surface area contributed by atoms with Gasteiger partial charge in [0.2, 0.25) is 0 Å². The van der Waals surface area contributed by atoms with Gasteiger partial charge in [0.05, 0.1) is 17.1 Å². The smallest absolute Gasteiger partial charge is 0.304 e. The van der Waals surface area contributed by atoms with Crippen molar-refractivity contribution in [2.45, 2.75) is 52.4 Å². The second-order valence-corrected chi connectivity index (χ2v) is 5.91. The van der Waals surface area contributed by atoms with Gasteiger partial charge in [-0.05, 0) is 38.5 Å². The molecule has 2 aromatic heterocycles. The maximum absolute atomic E-state index is 12.4. The van der Waals surface area contributed by atoms with Crippen molar-refractivity contribution >= 4 is 17.5 Å². The number of aromatic amines is 1. The molecule has 0 bridgehead atoms. The first-order valence-electron chi connectivity index (χ1n) is 8.32. The third-order valence-corrected chi connectivity index (χ3v) is 4.44. The fourth-order valence-electron chi connectivity index (χ4n) is 3.25. The third-order valence-electron chi connectivity index (χ3n) is 4.44. The van der Waals surface area contributed by atoms with Crippen LogP contribution in [-0.2, 0) is 32.7 Å². The second-order valence-electron chi connectivity index (χ2n) is 5.91. The molecule has 0 aliphatic heterocycles. The number of hydrogen-bond donors (Lipinski definition) is 3. The van der Waals surface area contributed by atoms with Gasteiger partial charge in [-0.2, -0.15) is 10.2 Å². The zero-order valence-corrected chi connectivity index (χ0v) is 14.0. The number of amides is 2. The highest BCUT2D eigenvalue weighted by Crippen LogP contribution is 2.26. The first-order valence-corrected chi connectivity index (χ1v) is 8.32. The lowest BCUT2D eigenvalue weighted by Crippen LogP contribution is -2.22. The summed E-state index contributed by atoms with van der Waals surface area (Å²) in [7, 11) is 1.91. The molecule has 7 heteroatoms. The maximum atomic E-state index is 12.4. The largest absolute Gasteiger partial charge is 0.325 e. The highest BCUT2D eigenvalue weighted by atomic mass is 16.2. The van der Waals surface area contributed by atoms with E-state index in [9.17, 15) is 4.79 Å². The standard InChI is InChI=1S/C16H24N6O/c1-4-11-14(13(5-2)22(3)21-11)17-16(23)18-15-10-8-6-7-9-12(10)19-20-15/h4-9H2,1-3H3,(H3,17,18,19,20,23). The first-order chi connectivity index (χ1) is 11.1. The molecule has 2 amide bonds. The highest BCUT2D eigenvalue weighted by molar-refractivity contribution is 6.00. The number of urea groups is 1. The summed E-state index contributed by atoms with van der Waals surface area (Å²) < 4.78 is 1.84. The Morgan fingerprint density at radius 3 is 2.74 bits per heavy atom. The molecule has 3 N–H and O–H groups in total. The number of aryl methyl sites for hydroxylation is 3. The number of aromatic nitrogens is 4. The number of carbonyl (C=O) groups is 1. The molecule has 0 saturated carbocycles. The minimum atomic E-state index is -0.262. The number of rotatable bonds is 4. The quantitative estimate of drug-likeness (QED) is 0.810. The Hall–Kier alpha value is -2.31. The van der Waals surface area contributed by atoms with E-state index in [0.717, 1.165) is 60.4 Å². The molecule has 0 radical (unpaired) electrons. The van der Waals surface area contributed by atoms with E-state index in [1.54, 1.807) is 0 Å². The topological polar surface area (TPSA) is 87.6 Å². The predicted molar refractivity (Wildman–Crippen MR) is 89.8 cm³/mol. The van der Waals surface area contributed by atoms with E-state index in [2.05, 4.69) is 32.9 Å². The van der Waals surface area contributed by atoms with Crippen molar-refractivity contribution in [3.63, 3.8) is 0 Å². The van der Waals surface area contributed by atoms with Gasteiger partial charge in [-0.15, -0.1) is 0 Å². The van der Waals surface area contributed by atoms with Gasteiger partial charge < -0.3 is 5.32 Å². The summed E-state index contributed by atoms with van der Waals surface area (Å²) in [5.41, 5.74) is 5.05. The van der Waals surface area contributed by atoms with Crippen LogP contribution in [0.2, 0.25) is 0 Å². The monoisotopic (exact) mass is 316 g/mol. The van der Waals surface area contributed by atoms with Gasteiger partial charge in [0.15, 0.2) is 5.82 Å². The van der Waals surface area contributed by atoms with E-state index in [0.29, 0.717) is 5.82 Å². The molecule has 0 aromatic carbocycles. The molecule has 1 aliphatic rings.